The van der Waals surface area contributed by atoms with Crippen LogP contribution in [0.3, 0.4) is 0 Å². The maximum atomic E-state index is 12.2. The molecule has 1 unspecified atom stereocenters. The summed E-state index contributed by atoms with van der Waals surface area (Å²) in [5.74, 6) is -0.523. The molecule has 1 atom stereocenters. The van der Waals surface area contributed by atoms with Gasteiger partial charge in [0.15, 0.2) is 0 Å². The predicted octanol–water partition coefficient (Wildman–Crippen LogP) is 2.06. The third-order valence-corrected chi connectivity index (χ3v) is 3.65. The van der Waals surface area contributed by atoms with Gasteiger partial charge in [0, 0.05) is 25.2 Å². The van der Waals surface area contributed by atoms with Crippen molar-refractivity contribution in [2.24, 2.45) is 0 Å². The van der Waals surface area contributed by atoms with Crippen molar-refractivity contribution in [3.63, 3.8) is 0 Å². The molecule has 0 spiro atoms. The Morgan fingerprint density at radius 1 is 1.33 bits per heavy atom. The van der Waals surface area contributed by atoms with Gasteiger partial charge in [-0.3, -0.25) is 0 Å². The summed E-state index contributed by atoms with van der Waals surface area (Å²) in [4.78, 5) is 25.3. The Labute approximate surface area is 141 Å². The summed E-state index contributed by atoms with van der Waals surface area (Å²) in [5.41, 5.74) is 0.344. The molecular weight excluding hydrogens is 312 g/mol. The first-order chi connectivity index (χ1) is 11.2. The first-order valence-electron chi connectivity index (χ1n) is 7.84. The highest BCUT2D eigenvalue weighted by Gasteiger charge is 2.29. The van der Waals surface area contributed by atoms with Gasteiger partial charge in [-0.2, -0.15) is 0 Å². The van der Waals surface area contributed by atoms with Gasteiger partial charge in [-0.05, 0) is 32.9 Å². The minimum absolute atomic E-state index is 0.0126. The van der Waals surface area contributed by atoms with Gasteiger partial charge in [0.2, 0.25) is 0 Å². The lowest BCUT2D eigenvalue weighted by Gasteiger charge is -2.35. The number of esters is 1. The van der Waals surface area contributed by atoms with Crippen LogP contribution in [0.25, 0.3) is 0 Å². The monoisotopic (exact) mass is 336 g/mol. The zero-order valence-corrected chi connectivity index (χ0v) is 14.5. The SMILES string of the molecule is COC(=O)c1ccc(C2CN(C(=O)OC(C)(C)C)CCN2)c(O)c1. The van der Waals surface area contributed by atoms with Gasteiger partial charge < -0.3 is 24.8 Å². The van der Waals surface area contributed by atoms with Gasteiger partial charge in [-0.25, -0.2) is 9.59 Å². The Morgan fingerprint density at radius 2 is 2.04 bits per heavy atom. The lowest BCUT2D eigenvalue weighted by Crippen LogP contribution is -2.49. The molecule has 1 fully saturated rings. The van der Waals surface area contributed by atoms with Crippen molar-refractivity contribution in [3.05, 3.63) is 29.3 Å². The van der Waals surface area contributed by atoms with Crippen LogP contribution in [0.5, 0.6) is 5.75 Å². The standard InChI is InChI=1S/C17H24N2O5/c1-17(2,3)24-16(22)19-8-7-18-13(10-19)12-6-5-11(9-14(12)20)15(21)23-4/h5-6,9,13,18,20H,7-8,10H2,1-4H3. The van der Waals surface area contributed by atoms with Crippen molar-refractivity contribution in [2.45, 2.75) is 32.4 Å². The molecule has 1 saturated heterocycles. The average molecular weight is 336 g/mol. The fraction of sp³-hybridized carbons (Fsp3) is 0.529. The molecule has 24 heavy (non-hydrogen) atoms. The maximum absolute atomic E-state index is 12.2. The molecule has 7 heteroatoms. The Morgan fingerprint density at radius 3 is 2.62 bits per heavy atom. The van der Waals surface area contributed by atoms with Crippen LogP contribution in [-0.4, -0.2) is 54.4 Å². The molecule has 0 bridgehead atoms. The number of nitrogens with zero attached hydrogens (tertiary/aromatic N) is 1. The summed E-state index contributed by atoms with van der Waals surface area (Å²) < 4.78 is 10.0. The fourth-order valence-corrected chi connectivity index (χ4v) is 2.53. The van der Waals surface area contributed by atoms with Gasteiger partial charge in [0.25, 0.3) is 0 Å². The Kier molecular flexibility index (Phi) is 5.33. The largest absolute Gasteiger partial charge is 0.508 e. The van der Waals surface area contributed by atoms with Gasteiger partial charge >= 0.3 is 12.1 Å². The average Bonchev–Trinajstić information content (AvgIpc) is 2.52. The molecule has 1 aromatic rings. The molecule has 132 valence electrons. The molecule has 1 heterocycles. The molecule has 1 aliphatic heterocycles. The van der Waals surface area contributed by atoms with E-state index in [-0.39, 0.29) is 23.4 Å². The molecular formula is C17H24N2O5. The number of phenolic OH excluding ortho intramolecular Hbond substituents is 1. The van der Waals surface area contributed by atoms with Crippen molar-refractivity contribution in [2.75, 3.05) is 26.7 Å². The van der Waals surface area contributed by atoms with E-state index in [1.807, 2.05) is 20.8 Å². The normalized spacial score (nSPS) is 18.2. The van der Waals surface area contributed by atoms with E-state index in [4.69, 9.17) is 4.74 Å². The van der Waals surface area contributed by atoms with Crippen LogP contribution < -0.4 is 5.32 Å². The molecule has 0 radical (unpaired) electrons. The number of carbonyl (C=O) groups excluding carboxylic acids is 2. The number of amides is 1. The number of piperazine rings is 1. The first kappa shape index (κ1) is 18.1. The first-order valence-corrected chi connectivity index (χ1v) is 7.84. The van der Waals surface area contributed by atoms with E-state index < -0.39 is 11.6 Å². The number of rotatable bonds is 2. The highest BCUT2D eigenvalue weighted by atomic mass is 16.6. The Hall–Kier alpha value is -2.28. The van der Waals surface area contributed by atoms with Crippen molar-refractivity contribution in [1.29, 1.82) is 0 Å². The van der Waals surface area contributed by atoms with E-state index in [2.05, 4.69) is 10.1 Å². The summed E-state index contributed by atoms with van der Waals surface area (Å²) in [7, 11) is 1.29. The molecule has 1 amide bonds. The second-order valence-electron chi connectivity index (χ2n) is 6.70. The number of hydrogen-bond donors (Lipinski definition) is 2. The minimum atomic E-state index is -0.554. The van der Waals surface area contributed by atoms with E-state index in [0.717, 1.165) is 0 Å². The number of benzene rings is 1. The van der Waals surface area contributed by atoms with Crippen LogP contribution in [0.15, 0.2) is 18.2 Å². The second kappa shape index (κ2) is 7.09. The van der Waals surface area contributed by atoms with Crippen molar-refractivity contribution < 1.29 is 24.2 Å². The zero-order valence-electron chi connectivity index (χ0n) is 14.5. The highest BCUT2D eigenvalue weighted by molar-refractivity contribution is 5.89. The lowest BCUT2D eigenvalue weighted by molar-refractivity contribution is 0.0194. The predicted molar refractivity (Wildman–Crippen MR) is 88.0 cm³/mol. The van der Waals surface area contributed by atoms with Crippen LogP contribution in [0.2, 0.25) is 0 Å². The van der Waals surface area contributed by atoms with E-state index in [1.54, 1.807) is 17.0 Å². The van der Waals surface area contributed by atoms with Gasteiger partial charge in [0.1, 0.15) is 11.4 Å². The second-order valence-corrected chi connectivity index (χ2v) is 6.70. The summed E-state index contributed by atoms with van der Waals surface area (Å²) in [6.45, 7) is 6.96. The van der Waals surface area contributed by atoms with Crippen LogP contribution in [0.4, 0.5) is 4.79 Å². The minimum Gasteiger partial charge on any atom is -0.508 e. The number of aromatic hydroxyl groups is 1. The summed E-state index contributed by atoms with van der Waals surface area (Å²) >= 11 is 0. The number of phenols is 1. The topological polar surface area (TPSA) is 88.1 Å². The Bertz CT molecular complexity index is 624. The van der Waals surface area contributed by atoms with Gasteiger partial charge in [-0.15, -0.1) is 0 Å². The third kappa shape index (κ3) is 4.38. The van der Waals surface area contributed by atoms with Crippen LogP contribution in [0, 0.1) is 0 Å². The van der Waals surface area contributed by atoms with Crippen LogP contribution in [0.1, 0.15) is 42.7 Å². The van der Waals surface area contributed by atoms with Gasteiger partial charge in [-0.1, -0.05) is 6.07 Å². The van der Waals surface area contributed by atoms with E-state index in [0.29, 0.717) is 25.2 Å². The quantitative estimate of drug-likeness (QED) is 0.804. The molecule has 7 nitrogen and oxygen atoms in total. The maximum Gasteiger partial charge on any atom is 0.410 e. The number of ether oxygens (including phenoxy) is 2. The molecule has 0 aliphatic carbocycles. The van der Waals surface area contributed by atoms with E-state index in [1.165, 1.54) is 13.2 Å². The Balaban J connectivity index is 2.12. The molecule has 0 saturated carbocycles. The summed E-state index contributed by atoms with van der Waals surface area (Å²) in [6, 6.07) is 4.39. The van der Waals surface area contributed by atoms with E-state index in [9.17, 15) is 14.7 Å². The number of hydrogen-bond acceptors (Lipinski definition) is 6. The molecule has 2 N–H and O–H groups in total. The van der Waals surface area contributed by atoms with Crippen molar-refractivity contribution in [3.8, 4) is 5.75 Å². The van der Waals surface area contributed by atoms with Crippen molar-refractivity contribution >= 4 is 12.1 Å². The lowest BCUT2D eigenvalue weighted by atomic mass is 10.0. The number of methoxy groups -OCH3 is 1. The summed E-state index contributed by atoms with van der Waals surface area (Å²) in [6.07, 6.45) is -0.375. The fourth-order valence-electron chi connectivity index (χ4n) is 2.53. The van der Waals surface area contributed by atoms with Crippen molar-refractivity contribution in [1.82, 2.24) is 10.2 Å². The molecule has 1 aromatic carbocycles. The van der Waals surface area contributed by atoms with Crippen LogP contribution in [-0.2, 0) is 9.47 Å². The number of nitrogens with one attached hydrogen (secondary N) is 1. The third-order valence-electron chi connectivity index (χ3n) is 3.65. The molecule has 2 rings (SSSR count). The molecule has 0 aromatic heterocycles. The van der Waals surface area contributed by atoms with E-state index >= 15 is 0 Å². The zero-order chi connectivity index (χ0) is 17.9. The summed E-state index contributed by atoms with van der Waals surface area (Å²) in [5, 5.41) is 13.5. The number of carbonyl (C=O) groups is 2. The van der Waals surface area contributed by atoms with Crippen LogP contribution >= 0.6 is 0 Å². The molecule has 1 aliphatic rings. The smallest absolute Gasteiger partial charge is 0.410 e. The highest BCUT2D eigenvalue weighted by Crippen LogP contribution is 2.28. The van der Waals surface area contributed by atoms with Gasteiger partial charge in [0.05, 0.1) is 18.7 Å².